The average molecular weight is 334 g/mol. The van der Waals surface area contributed by atoms with E-state index in [0.717, 1.165) is 0 Å². The molecule has 0 radical (unpaired) electrons. The van der Waals surface area contributed by atoms with Crippen LogP contribution in [0.3, 0.4) is 0 Å². The molecule has 1 aliphatic heterocycles. The van der Waals surface area contributed by atoms with Gasteiger partial charge in [0.1, 0.15) is 12.4 Å². The third-order valence-electron chi connectivity index (χ3n) is 3.07. The van der Waals surface area contributed by atoms with Gasteiger partial charge in [-0.05, 0) is 25.1 Å². The fraction of sp³-hybridized carbons (Fsp3) is 0.462. The van der Waals surface area contributed by atoms with Crippen LogP contribution in [0.15, 0.2) is 23.1 Å². The minimum atomic E-state index is -3.82. The van der Waals surface area contributed by atoms with Crippen molar-refractivity contribution >= 4 is 25.6 Å². The summed E-state index contributed by atoms with van der Waals surface area (Å²) in [4.78, 5) is 11.7. The van der Waals surface area contributed by atoms with Gasteiger partial charge in [-0.1, -0.05) is 0 Å². The average Bonchev–Trinajstić information content (AvgIpc) is 2.44. The largest absolute Gasteiger partial charge is 0.493 e. The summed E-state index contributed by atoms with van der Waals surface area (Å²) in [5.74, 6) is 0.292. The Kier molecular flexibility index (Phi) is 5.08. The lowest BCUT2D eigenvalue weighted by Crippen LogP contribution is -2.34. The first-order valence-corrected chi connectivity index (χ1v) is 8.81. The van der Waals surface area contributed by atoms with Gasteiger partial charge < -0.3 is 14.8 Å². The van der Waals surface area contributed by atoms with Crippen molar-refractivity contribution in [3.05, 3.63) is 23.8 Å². The first kappa shape index (κ1) is 16.1. The molecule has 0 saturated carbocycles. The van der Waals surface area contributed by atoms with Crippen molar-refractivity contribution in [3.8, 4) is 5.75 Å². The molecule has 1 aliphatic rings. The molecule has 1 aromatic carbocycles. The highest BCUT2D eigenvalue weighted by molar-refractivity contribution is 8.13. The Labute approximate surface area is 127 Å². The van der Waals surface area contributed by atoms with Gasteiger partial charge >= 0.3 is 0 Å². The standard InChI is InChI=1S/C13H16ClNO5S/c1-2-19-8-13(16)15-11-5-6-20-12-4-3-9(7-10(11)12)21(14,17)18/h3-4,7,11H,2,5-6,8H2,1H3,(H,15,16). The van der Waals surface area contributed by atoms with Gasteiger partial charge in [-0.25, -0.2) is 8.42 Å². The molecular weight excluding hydrogens is 318 g/mol. The monoisotopic (exact) mass is 333 g/mol. The number of hydrogen-bond acceptors (Lipinski definition) is 5. The van der Waals surface area contributed by atoms with Crippen molar-refractivity contribution in [2.24, 2.45) is 0 Å². The summed E-state index contributed by atoms with van der Waals surface area (Å²) in [5, 5.41) is 2.81. The molecule has 2 rings (SSSR count). The maximum Gasteiger partial charge on any atom is 0.261 e. The third kappa shape index (κ3) is 4.09. The Morgan fingerprint density at radius 2 is 2.29 bits per heavy atom. The zero-order chi connectivity index (χ0) is 15.5. The predicted octanol–water partition coefficient (Wildman–Crippen LogP) is 1.59. The van der Waals surface area contributed by atoms with Gasteiger partial charge in [-0.15, -0.1) is 0 Å². The molecule has 1 heterocycles. The van der Waals surface area contributed by atoms with Gasteiger partial charge in [-0.2, -0.15) is 0 Å². The summed E-state index contributed by atoms with van der Waals surface area (Å²) >= 11 is 0. The lowest BCUT2D eigenvalue weighted by atomic mass is 10.0. The summed E-state index contributed by atoms with van der Waals surface area (Å²) in [6.07, 6.45) is 0.552. The van der Waals surface area contributed by atoms with Gasteiger partial charge in [-0.3, -0.25) is 4.79 Å². The minimum absolute atomic E-state index is 0.0162. The second kappa shape index (κ2) is 6.64. The fourth-order valence-electron chi connectivity index (χ4n) is 2.10. The second-order valence-electron chi connectivity index (χ2n) is 4.53. The van der Waals surface area contributed by atoms with Crippen molar-refractivity contribution in [3.63, 3.8) is 0 Å². The number of fused-ring (bicyclic) bond motifs is 1. The maximum absolute atomic E-state index is 11.7. The number of halogens is 1. The number of nitrogens with one attached hydrogen (secondary N) is 1. The van der Waals surface area contributed by atoms with Gasteiger partial charge in [0.05, 0.1) is 17.5 Å². The lowest BCUT2D eigenvalue weighted by Gasteiger charge is -2.27. The predicted molar refractivity (Wildman–Crippen MR) is 77.0 cm³/mol. The molecule has 1 N–H and O–H groups in total. The van der Waals surface area contributed by atoms with Crippen LogP contribution in [-0.4, -0.2) is 34.1 Å². The van der Waals surface area contributed by atoms with E-state index in [9.17, 15) is 13.2 Å². The molecule has 1 unspecified atom stereocenters. The number of amides is 1. The summed E-state index contributed by atoms with van der Waals surface area (Å²) in [6, 6.07) is 4.04. The van der Waals surface area contributed by atoms with Crippen LogP contribution in [0.2, 0.25) is 0 Å². The highest BCUT2D eigenvalue weighted by Crippen LogP contribution is 2.34. The summed E-state index contributed by atoms with van der Waals surface area (Å²) in [5.41, 5.74) is 0.604. The van der Waals surface area contributed by atoms with Gasteiger partial charge in [0, 0.05) is 29.3 Å². The normalized spacial score (nSPS) is 17.7. The number of hydrogen-bond donors (Lipinski definition) is 1. The van der Waals surface area contributed by atoms with Crippen molar-refractivity contribution in [2.45, 2.75) is 24.3 Å². The van der Waals surface area contributed by atoms with Gasteiger partial charge in [0.25, 0.3) is 9.05 Å². The van der Waals surface area contributed by atoms with E-state index in [1.165, 1.54) is 12.1 Å². The zero-order valence-electron chi connectivity index (χ0n) is 11.5. The molecule has 0 fully saturated rings. The SMILES string of the molecule is CCOCC(=O)NC1CCOc2ccc(S(=O)(=O)Cl)cc21. The van der Waals surface area contributed by atoms with Crippen molar-refractivity contribution in [1.29, 1.82) is 0 Å². The Morgan fingerprint density at radius 1 is 1.52 bits per heavy atom. The van der Waals surface area contributed by atoms with Gasteiger partial charge in [0.2, 0.25) is 5.91 Å². The summed E-state index contributed by atoms with van der Waals surface area (Å²) in [7, 11) is 1.52. The number of benzene rings is 1. The Morgan fingerprint density at radius 3 is 2.95 bits per heavy atom. The van der Waals surface area contributed by atoms with Crippen LogP contribution in [0.1, 0.15) is 24.9 Å². The quantitative estimate of drug-likeness (QED) is 0.827. The van der Waals surface area contributed by atoms with Crippen LogP contribution < -0.4 is 10.1 Å². The Bertz CT molecular complexity index is 631. The Balaban J connectivity index is 2.23. The molecule has 0 aliphatic carbocycles. The van der Waals surface area contributed by atoms with Crippen LogP contribution in [0, 0.1) is 0 Å². The lowest BCUT2D eigenvalue weighted by molar-refractivity contribution is -0.126. The highest BCUT2D eigenvalue weighted by Gasteiger charge is 2.25. The molecular formula is C13H16ClNO5S. The number of rotatable bonds is 5. The molecule has 8 heteroatoms. The minimum Gasteiger partial charge on any atom is -0.493 e. The topological polar surface area (TPSA) is 81.7 Å². The van der Waals surface area contributed by atoms with Crippen molar-refractivity contribution < 1.29 is 22.7 Å². The van der Waals surface area contributed by atoms with Crippen LogP contribution in [0.5, 0.6) is 5.75 Å². The van der Waals surface area contributed by atoms with E-state index in [4.69, 9.17) is 20.2 Å². The number of ether oxygens (including phenoxy) is 2. The van der Waals surface area contributed by atoms with E-state index < -0.39 is 9.05 Å². The van der Waals surface area contributed by atoms with E-state index in [1.807, 2.05) is 0 Å². The summed E-state index contributed by atoms with van der Waals surface area (Å²) < 4.78 is 33.3. The van der Waals surface area contributed by atoms with Gasteiger partial charge in [0.15, 0.2) is 0 Å². The van der Waals surface area contributed by atoms with Crippen LogP contribution >= 0.6 is 10.7 Å². The number of carbonyl (C=O) groups is 1. The van der Waals surface area contributed by atoms with E-state index in [0.29, 0.717) is 30.9 Å². The molecule has 1 atom stereocenters. The summed E-state index contributed by atoms with van der Waals surface area (Å²) in [6.45, 7) is 2.66. The van der Waals surface area contributed by atoms with E-state index in [-0.39, 0.29) is 23.5 Å². The second-order valence-corrected chi connectivity index (χ2v) is 7.10. The van der Waals surface area contributed by atoms with Crippen molar-refractivity contribution in [1.82, 2.24) is 5.32 Å². The fourth-order valence-corrected chi connectivity index (χ4v) is 2.89. The van der Waals surface area contributed by atoms with Crippen LogP contribution in [0.25, 0.3) is 0 Å². The smallest absolute Gasteiger partial charge is 0.261 e. The molecule has 1 aromatic rings. The highest BCUT2D eigenvalue weighted by atomic mass is 35.7. The first-order chi connectivity index (χ1) is 9.91. The third-order valence-corrected chi connectivity index (χ3v) is 4.43. The molecule has 21 heavy (non-hydrogen) atoms. The first-order valence-electron chi connectivity index (χ1n) is 6.50. The van der Waals surface area contributed by atoms with E-state index in [2.05, 4.69) is 5.32 Å². The molecule has 1 amide bonds. The molecule has 116 valence electrons. The molecule has 0 bridgehead atoms. The zero-order valence-corrected chi connectivity index (χ0v) is 13.0. The van der Waals surface area contributed by atoms with E-state index in [1.54, 1.807) is 13.0 Å². The van der Waals surface area contributed by atoms with Crippen molar-refractivity contribution in [2.75, 3.05) is 19.8 Å². The maximum atomic E-state index is 11.7. The molecule has 0 spiro atoms. The number of carbonyl (C=O) groups excluding carboxylic acids is 1. The molecule has 0 saturated heterocycles. The molecule has 6 nitrogen and oxygen atoms in total. The van der Waals surface area contributed by atoms with Crippen LogP contribution in [0.4, 0.5) is 0 Å². The van der Waals surface area contributed by atoms with E-state index >= 15 is 0 Å². The Hall–Kier alpha value is -1.31. The van der Waals surface area contributed by atoms with Crippen LogP contribution in [-0.2, 0) is 18.6 Å². The molecule has 0 aromatic heterocycles.